The third-order valence-electron chi connectivity index (χ3n) is 3.82. The van der Waals surface area contributed by atoms with Gasteiger partial charge in [-0.2, -0.15) is 4.98 Å². The molecule has 150 valence electrons. The lowest BCUT2D eigenvalue weighted by atomic mass is 10.2. The molecule has 0 spiro atoms. The fourth-order valence-electron chi connectivity index (χ4n) is 2.47. The van der Waals surface area contributed by atoms with Crippen molar-refractivity contribution < 1.29 is 23.5 Å². The molecular formula is C21H19ClN2O5. The minimum absolute atomic E-state index is 0.146. The predicted molar refractivity (Wildman–Crippen MR) is 108 cm³/mol. The largest absolute Gasteiger partial charge is 0.493 e. The van der Waals surface area contributed by atoms with Gasteiger partial charge < -0.3 is 18.7 Å². The number of nitrogens with zero attached hydrogens (tertiary/aromatic N) is 2. The molecule has 0 aliphatic heterocycles. The summed E-state index contributed by atoms with van der Waals surface area (Å²) in [6, 6.07) is 12.5. The monoisotopic (exact) mass is 414 g/mol. The van der Waals surface area contributed by atoms with Crippen LogP contribution in [0.15, 0.2) is 53.1 Å². The minimum atomic E-state index is -0.546. The van der Waals surface area contributed by atoms with Crippen molar-refractivity contribution in [3.05, 3.63) is 65.0 Å². The summed E-state index contributed by atoms with van der Waals surface area (Å²) in [6.07, 6.45) is 2.92. The average molecular weight is 415 g/mol. The molecule has 2 aromatic carbocycles. The second kappa shape index (κ2) is 9.75. The van der Waals surface area contributed by atoms with E-state index >= 15 is 0 Å². The zero-order valence-electron chi connectivity index (χ0n) is 15.9. The standard InChI is InChI=1S/C21H19ClN2O5/c1-3-27-17-10-8-14(12-18(17)26-2)9-11-20(25)28-13-19-23-21(24-29-19)15-6-4-5-7-16(15)22/h4-12H,3,13H2,1-2H3/b11-9+. The van der Waals surface area contributed by atoms with Gasteiger partial charge in [0.2, 0.25) is 5.82 Å². The van der Waals surface area contributed by atoms with Crippen molar-refractivity contribution in [1.29, 1.82) is 0 Å². The quantitative estimate of drug-likeness (QED) is 0.394. The smallest absolute Gasteiger partial charge is 0.331 e. The minimum Gasteiger partial charge on any atom is -0.493 e. The van der Waals surface area contributed by atoms with Gasteiger partial charge in [0, 0.05) is 11.6 Å². The van der Waals surface area contributed by atoms with Gasteiger partial charge in [-0.25, -0.2) is 4.79 Å². The maximum Gasteiger partial charge on any atom is 0.331 e. The van der Waals surface area contributed by atoms with Crippen molar-refractivity contribution in [3.8, 4) is 22.9 Å². The van der Waals surface area contributed by atoms with E-state index in [-0.39, 0.29) is 12.5 Å². The van der Waals surface area contributed by atoms with Crippen LogP contribution < -0.4 is 9.47 Å². The number of ether oxygens (including phenoxy) is 3. The maximum absolute atomic E-state index is 12.0. The Labute approximate surface area is 172 Å². The molecule has 0 unspecified atom stereocenters. The summed E-state index contributed by atoms with van der Waals surface area (Å²) in [6.45, 7) is 2.28. The number of esters is 1. The topological polar surface area (TPSA) is 83.7 Å². The fraction of sp³-hybridized carbons (Fsp3) is 0.190. The molecule has 0 saturated heterocycles. The first-order valence-corrected chi connectivity index (χ1v) is 9.21. The van der Waals surface area contributed by atoms with Crippen molar-refractivity contribution in [2.24, 2.45) is 0 Å². The molecule has 7 nitrogen and oxygen atoms in total. The van der Waals surface area contributed by atoms with Gasteiger partial charge in [-0.1, -0.05) is 35.0 Å². The van der Waals surface area contributed by atoms with Crippen molar-refractivity contribution in [2.45, 2.75) is 13.5 Å². The van der Waals surface area contributed by atoms with Crippen molar-refractivity contribution >= 4 is 23.6 Å². The maximum atomic E-state index is 12.0. The van der Waals surface area contributed by atoms with E-state index in [1.165, 1.54) is 6.08 Å². The van der Waals surface area contributed by atoms with E-state index in [4.69, 9.17) is 30.3 Å². The molecule has 0 bridgehead atoms. The van der Waals surface area contributed by atoms with Gasteiger partial charge in [-0.15, -0.1) is 0 Å². The Balaban J connectivity index is 1.58. The Morgan fingerprint density at radius 2 is 2.03 bits per heavy atom. The van der Waals surface area contributed by atoms with Crippen LogP contribution in [-0.2, 0) is 16.1 Å². The highest BCUT2D eigenvalue weighted by atomic mass is 35.5. The molecule has 0 fully saturated rings. The number of methoxy groups -OCH3 is 1. The molecular weight excluding hydrogens is 396 g/mol. The van der Waals surface area contributed by atoms with Crippen LogP contribution in [-0.4, -0.2) is 29.8 Å². The Hall–Kier alpha value is -3.32. The molecule has 0 radical (unpaired) electrons. The molecule has 0 aliphatic rings. The van der Waals surface area contributed by atoms with Gasteiger partial charge in [0.1, 0.15) is 0 Å². The third-order valence-corrected chi connectivity index (χ3v) is 4.15. The first-order chi connectivity index (χ1) is 14.1. The molecule has 1 heterocycles. The molecule has 0 aliphatic carbocycles. The Morgan fingerprint density at radius 1 is 1.21 bits per heavy atom. The highest BCUT2D eigenvalue weighted by Gasteiger charge is 2.12. The molecule has 3 aromatic rings. The average Bonchev–Trinajstić information content (AvgIpc) is 3.20. The SMILES string of the molecule is CCOc1ccc(/C=C/C(=O)OCc2nc(-c3ccccc3Cl)no2)cc1OC. The third kappa shape index (κ3) is 5.36. The second-order valence-corrected chi connectivity index (χ2v) is 6.18. The number of hydrogen-bond donors (Lipinski definition) is 0. The molecule has 29 heavy (non-hydrogen) atoms. The van der Waals surface area contributed by atoms with Crippen LogP contribution in [0.5, 0.6) is 11.5 Å². The number of benzene rings is 2. The zero-order chi connectivity index (χ0) is 20.6. The fourth-order valence-corrected chi connectivity index (χ4v) is 2.69. The first kappa shape index (κ1) is 20.4. The Kier molecular flexibility index (Phi) is 6.86. The van der Waals surface area contributed by atoms with E-state index in [9.17, 15) is 4.79 Å². The highest BCUT2D eigenvalue weighted by Crippen LogP contribution is 2.28. The number of carbonyl (C=O) groups excluding carboxylic acids is 1. The Bertz CT molecular complexity index is 1020. The van der Waals surface area contributed by atoms with Gasteiger partial charge in [0.05, 0.1) is 18.7 Å². The lowest BCUT2D eigenvalue weighted by molar-refractivity contribution is -0.139. The summed E-state index contributed by atoms with van der Waals surface area (Å²) < 4.78 is 21.0. The van der Waals surface area contributed by atoms with Crippen LogP contribution >= 0.6 is 11.6 Å². The molecule has 0 saturated carbocycles. The van der Waals surface area contributed by atoms with Crippen molar-refractivity contribution in [1.82, 2.24) is 10.1 Å². The van der Waals surface area contributed by atoms with E-state index < -0.39 is 5.97 Å². The van der Waals surface area contributed by atoms with Gasteiger partial charge in [-0.3, -0.25) is 0 Å². The van der Waals surface area contributed by atoms with E-state index in [2.05, 4.69) is 10.1 Å². The highest BCUT2D eigenvalue weighted by molar-refractivity contribution is 6.33. The first-order valence-electron chi connectivity index (χ1n) is 8.84. The van der Waals surface area contributed by atoms with E-state index in [0.717, 1.165) is 5.56 Å². The summed E-state index contributed by atoms with van der Waals surface area (Å²) in [4.78, 5) is 16.2. The lowest BCUT2D eigenvalue weighted by Gasteiger charge is -2.09. The molecule has 0 amide bonds. The predicted octanol–water partition coefficient (Wildman–Crippen LogP) is 4.55. The van der Waals surface area contributed by atoms with E-state index in [1.807, 2.05) is 19.1 Å². The molecule has 1 aromatic heterocycles. The van der Waals surface area contributed by atoms with Crippen LogP contribution in [0.2, 0.25) is 5.02 Å². The van der Waals surface area contributed by atoms with Gasteiger partial charge in [0.25, 0.3) is 5.89 Å². The number of carbonyl (C=O) groups is 1. The van der Waals surface area contributed by atoms with Crippen molar-refractivity contribution in [2.75, 3.05) is 13.7 Å². The van der Waals surface area contributed by atoms with Gasteiger partial charge in [0.15, 0.2) is 18.1 Å². The normalized spacial score (nSPS) is 10.9. The van der Waals surface area contributed by atoms with Gasteiger partial charge >= 0.3 is 5.97 Å². The number of halogens is 1. The summed E-state index contributed by atoms with van der Waals surface area (Å²) in [5, 5.41) is 4.36. The van der Waals surface area contributed by atoms with Crippen molar-refractivity contribution in [3.63, 3.8) is 0 Å². The molecule has 0 N–H and O–H groups in total. The molecule has 0 atom stereocenters. The van der Waals surface area contributed by atoms with E-state index in [1.54, 1.807) is 43.5 Å². The zero-order valence-corrected chi connectivity index (χ0v) is 16.7. The number of hydrogen-bond acceptors (Lipinski definition) is 7. The lowest BCUT2D eigenvalue weighted by Crippen LogP contribution is -2.01. The van der Waals surface area contributed by atoms with Crippen LogP contribution in [0.4, 0.5) is 0 Å². The van der Waals surface area contributed by atoms with Crippen LogP contribution in [0, 0.1) is 0 Å². The number of aromatic nitrogens is 2. The molecule has 8 heteroatoms. The van der Waals surface area contributed by atoms with Gasteiger partial charge in [-0.05, 0) is 42.8 Å². The van der Waals surface area contributed by atoms with Crippen LogP contribution in [0.3, 0.4) is 0 Å². The van der Waals surface area contributed by atoms with Crippen LogP contribution in [0.25, 0.3) is 17.5 Å². The van der Waals surface area contributed by atoms with E-state index in [0.29, 0.717) is 34.5 Å². The number of rotatable bonds is 8. The summed E-state index contributed by atoms with van der Waals surface area (Å²) in [5.74, 6) is 1.18. The van der Waals surface area contributed by atoms with Crippen LogP contribution in [0.1, 0.15) is 18.4 Å². The second-order valence-electron chi connectivity index (χ2n) is 5.78. The Morgan fingerprint density at radius 3 is 2.79 bits per heavy atom. The summed E-state index contributed by atoms with van der Waals surface area (Å²) in [5.41, 5.74) is 1.40. The summed E-state index contributed by atoms with van der Waals surface area (Å²) in [7, 11) is 1.56. The summed E-state index contributed by atoms with van der Waals surface area (Å²) >= 11 is 6.11. The molecule has 3 rings (SSSR count).